The van der Waals surface area contributed by atoms with Gasteiger partial charge in [0.2, 0.25) is 0 Å². The molecule has 0 radical (unpaired) electrons. The number of nitrogens with zero attached hydrogens (tertiary/aromatic N) is 1. The number of hydrogen-bond acceptors (Lipinski definition) is 3. The zero-order valence-corrected chi connectivity index (χ0v) is 18.7. The molecule has 0 aliphatic carbocycles. The van der Waals surface area contributed by atoms with Gasteiger partial charge in [0.05, 0.1) is 12.2 Å². The lowest BCUT2D eigenvalue weighted by molar-refractivity contribution is -0.00854. The van der Waals surface area contributed by atoms with Crippen molar-refractivity contribution in [2.45, 2.75) is 57.5 Å². The molecule has 3 rings (SSSR count). The van der Waals surface area contributed by atoms with E-state index in [4.69, 9.17) is 4.74 Å². The normalized spacial score (nSPS) is 18.2. The molecule has 0 spiro atoms. The summed E-state index contributed by atoms with van der Waals surface area (Å²) in [7, 11) is 0. The molecule has 0 bridgehead atoms. The van der Waals surface area contributed by atoms with Gasteiger partial charge >= 0.3 is 0 Å². The predicted octanol–water partition coefficient (Wildman–Crippen LogP) is 5.76. The van der Waals surface area contributed by atoms with Crippen molar-refractivity contribution >= 4 is 12.4 Å². The lowest BCUT2D eigenvalue weighted by atomic mass is 9.75. The highest BCUT2D eigenvalue weighted by Crippen LogP contribution is 2.41. The summed E-state index contributed by atoms with van der Waals surface area (Å²) in [4.78, 5) is 2.56. The van der Waals surface area contributed by atoms with Crippen molar-refractivity contribution in [1.82, 2.24) is 4.90 Å². The Hall–Kier alpha value is -1.55. The topological polar surface area (TPSA) is 32.7 Å². The van der Waals surface area contributed by atoms with Crippen molar-refractivity contribution in [3.05, 3.63) is 65.7 Å². The van der Waals surface area contributed by atoms with Crippen LogP contribution in [0.2, 0.25) is 0 Å². The second kappa shape index (κ2) is 11.6. The van der Waals surface area contributed by atoms with Crippen LogP contribution >= 0.6 is 12.4 Å². The van der Waals surface area contributed by atoms with E-state index in [9.17, 15) is 5.11 Å². The molecule has 1 fully saturated rings. The minimum absolute atomic E-state index is 0. The molecule has 1 N–H and O–H groups in total. The third-order valence-corrected chi connectivity index (χ3v) is 6.12. The first kappa shape index (κ1) is 23.7. The molecule has 2 aromatic carbocycles. The molecule has 160 valence electrons. The van der Waals surface area contributed by atoms with Gasteiger partial charge in [0, 0.05) is 12.5 Å². The van der Waals surface area contributed by atoms with E-state index in [-0.39, 0.29) is 18.3 Å². The smallest absolute Gasteiger partial charge is 0.119 e. The maximum Gasteiger partial charge on any atom is 0.119 e. The van der Waals surface area contributed by atoms with Crippen LogP contribution in [0.1, 0.15) is 63.0 Å². The summed E-state index contributed by atoms with van der Waals surface area (Å²) in [6, 6.07) is 18.6. The van der Waals surface area contributed by atoms with Gasteiger partial charge in [0.15, 0.2) is 0 Å². The molecule has 0 saturated carbocycles. The highest BCUT2D eigenvalue weighted by atomic mass is 35.5. The van der Waals surface area contributed by atoms with Gasteiger partial charge in [-0.1, -0.05) is 62.2 Å². The number of likely N-dealkylation sites (tertiary alicyclic amines) is 1. The first-order valence-corrected chi connectivity index (χ1v) is 10.9. The number of benzene rings is 2. The first-order chi connectivity index (χ1) is 13.7. The Morgan fingerprint density at radius 2 is 1.55 bits per heavy atom. The van der Waals surface area contributed by atoms with Crippen LogP contribution < -0.4 is 4.74 Å². The summed E-state index contributed by atoms with van der Waals surface area (Å²) < 4.78 is 5.60. The van der Waals surface area contributed by atoms with Crippen LogP contribution in [0.5, 0.6) is 5.75 Å². The Bertz CT molecular complexity index is 699. The van der Waals surface area contributed by atoms with E-state index in [0.717, 1.165) is 30.9 Å². The van der Waals surface area contributed by atoms with Crippen molar-refractivity contribution in [2.24, 2.45) is 0 Å². The fourth-order valence-electron chi connectivity index (χ4n) is 4.45. The van der Waals surface area contributed by atoms with Crippen LogP contribution in [0.15, 0.2) is 54.6 Å². The van der Waals surface area contributed by atoms with Gasteiger partial charge in [-0.2, -0.15) is 0 Å². The lowest BCUT2D eigenvalue weighted by Gasteiger charge is -2.39. The van der Waals surface area contributed by atoms with Crippen LogP contribution in [0, 0.1) is 0 Å². The summed E-state index contributed by atoms with van der Waals surface area (Å²) in [5.74, 6) is 0.892. The van der Waals surface area contributed by atoms with Crippen molar-refractivity contribution in [3.8, 4) is 5.75 Å². The Balaban J connectivity index is 0.00000300. The average Bonchev–Trinajstić information content (AvgIpc) is 3.02. The minimum Gasteiger partial charge on any atom is -0.494 e. The van der Waals surface area contributed by atoms with Crippen LogP contribution in [0.25, 0.3) is 0 Å². The molecule has 1 heterocycles. The van der Waals surface area contributed by atoms with E-state index in [1.165, 1.54) is 31.2 Å². The van der Waals surface area contributed by atoms with Gasteiger partial charge in [-0.05, 0) is 62.5 Å². The summed E-state index contributed by atoms with van der Waals surface area (Å²) in [6.45, 7) is 7.89. The monoisotopic (exact) mass is 417 g/mol. The van der Waals surface area contributed by atoms with Gasteiger partial charge in [-0.15, -0.1) is 12.4 Å². The molecular formula is C25H36ClNO2. The molecule has 0 aromatic heterocycles. The molecule has 1 aliphatic rings. The molecule has 29 heavy (non-hydrogen) atoms. The van der Waals surface area contributed by atoms with Crippen molar-refractivity contribution in [2.75, 3.05) is 26.2 Å². The zero-order chi connectivity index (χ0) is 19.8. The Labute approximate surface area is 182 Å². The van der Waals surface area contributed by atoms with Gasteiger partial charge in [0.1, 0.15) is 5.75 Å². The Morgan fingerprint density at radius 1 is 0.931 bits per heavy atom. The minimum atomic E-state index is -0.904. The fraction of sp³-hybridized carbons (Fsp3) is 0.520. The molecule has 2 atom stereocenters. The zero-order valence-electron chi connectivity index (χ0n) is 17.8. The number of ether oxygens (including phenoxy) is 1. The average molecular weight is 418 g/mol. The Morgan fingerprint density at radius 3 is 2.10 bits per heavy atom. The molecule has 1 saturated heterocycles. The molecular weight excluding hydrogens is 382 g/mol. The van der Waals surface area contributed by atoms with Crippen molar-refractivity contribution < 1.29 is 9.84 Å². The number of hydrogen-bond donors (Lipinski definition) is 1. The van der Waals surface area contributed by atoms with Crippen LogP contribution in [-0.4, -0.2) is 36.2 Å². The second-order valence-corrected chi connectivity index (χ2v) is 7.91. The highest BCUT2D eigenvalue weighted by molar-refractivity contribution is 5.85. The standard InChI is InChI=1S/C25H35NO2.ClH/c1-3-25(27,22-14-16-23(17-15-22)28-4-2)24(21-12-8-7-9-13-21)20-26-18-10-5-6-11-19-26;/h7-9,12-17,24,27H,3-6,10-11,18-20H2,1-2H3;1H. The van der Waals surface area contributed by atoms with Crippen LogP contribution in [-0.2, 0) is 5.60 Å². The summed E-state index contributed by atoms with van der Waals surface area (Å²) >= 11 is 0. The SMILES string of the molecule is CCOc1ccc(C(O)(CC)C(CN2CCCCCC2)c2ccccc2)cc1.Cl. The van der Waals surface area contributed by atoms with E-state index in [0.29, 0.717) is 13.0 Å². The Kier molecular flexibility index (Phi) is 9.48. The predicted molar refractivity (Wildman–Crippen MR) is 123 cm³/mol. The van der Waals surface area contributed by atoms with Gasteiger partial charge in [-0.25, -0.2) is 0 Å². The maximum absolute atomic E-state index is 12.0. The molecule has 2 unspecified atom stereocenters. The fourth-order valence-corrected chi connectivity index (χ4v) is 4.45. The number of halogens is 1. The van der Waals surface area contributed by atoms with Gasteiger partial charge in [0.25, 0.3) is 0 Å². The quantitative estimate of drug-likeness (QED) is 0.592. The van der Waals surface area contributed by atoms with Crippen LogP contribution in [0.4, 0.5) is 0 Å². The van der Waals surface area contributed by atoms with E-state index in [1.807, 2.05) is 37.3 Å². The number of aliphatic hydroxyl groups is 1. The number of rotatable bonds is 8. The van der Waals surface area contributed by atoms with Gasteiger partial charge < -0.3 is 14.7 Å². The summed E-state index contributed by atoms with van der Waals surface area (Å²) in [6.07, 6.45) is 5.84. The first-order valence-electron chi connectivity index (χ1n) is 10.9. The van der Waals surface area contributed by atoms with Gasteiger partial charge in [-0.3, -0.25) is 0 Å². The molecule has 3 nitrogen and oxygen atoms in total. The van der Waals surface area contributed by atoms with E-state index in [1.54, 1.807) is 0 Å². The molecule has 0 amide bonds. The molecule has 4 heteroatoms. The maximum atomic E-state index is 12.0. The third kappa shape index (κ3) is 5.97. The van der Waals surface area contributed by atoms with E-state index < -0.39 is 5.60 Å². The van der Waals surface area contributed by atoms with Crippen LogP contribution in [0.3, 0.4) is 0 Å². The third-order valence-electron chi connectivity index (χ3n) is 6.12. The van der Waals surface area contributed by atoms with E-state index in [2.05, 4.69) is 36.1 Å². The molecule has 2 aromatic rings. The largest absolute Gasteiger partial charge is 0.494 e. The van der Waals surface area contributed by atoms with Crippen molar-refractivity contribution in [3.63, 3.8) is 0 Å². The van der Waals surface area contributed by atoms with E-state index >= 15 is 0 Å². The molecule has 1 aliphatic heterocycles. The summed E-state index contributed by atoms with van der Waals surface area (Å²) in [5, 5.41) is 12.0. The van der Waals surface area contributed by atoms with Crippen molar-refractivity contribution in [1.29, 1.82) is 0 Å². The summed E-state index contributed by atoms with van der Waals surface area (Å²) in [5.41, 5.74) is 1.28. The lowest BCUT2D eigenvalue weighted by Crippen LogP contribution is -2.41. The second-order valence-electron chi connectivity index (χ2n) is 7.91. The highest BCUT2D eigenvalue weighted by Gasteiger charge is 2.39.